The van der Waals surface area contributed by atoms with E-state index < -0.39 is 12.2 Å². The van der Waals surface area contributed by atoms with Crippen LogP contribution in [0.2, 0.25) is 0 Å². The van der Waals surface area contributed by atoms with E-state index >= 15 is 0 Å². The average Bonchev–Trinajstić information content (AvgIpc) is 2.84. The molecule has 0 fully saturated rings. The van der Waals surface area contributed by atoms with Gasteiger partial charge in [-0.05, 0) is 45.4 Å². The van der Waals surface area contributed by atoms with Crippen LogP contribution in [0.5, 0.6) is 0 Å². The van der Waals surface area contributed by atoms with Crippen LogP contribution in [0.1, 0.15) is 67.2 Å². The molecular formula is C27H50N2O7S2. The number of hydrogen-bond donors (Lipinski definition) is 2. The van der Waals surface area contributed by atoms with Gasteiger partial charge in [0.25, 0.3) is 0 Å². The highest BCUT2D eigenvalue weighted by molar-refractivity contribution is 8.77. The zero-order chi connectivity index (χ0) is 28.5. The Morgan fingerprint density at radius 1 is 0.816 bits per heavy atom. The van der Waals surface area contributed by atoms with Crippen LogP contribution in [0, 0.1) is 23.7 Å². The Morgan fingerprint density at radius 3 is 2.18 bits per heavy atom. The van der Waals surface area contributed by atoms with Crippen LogP contribution >= 0.6 is 21.6 Å². The number of carbonyl (C=O) groups excluding carboxylic acids is 2. The smallest absolute Gasteiger partial charge is 0.407 e. The lowest BCUT2D eigenvalue weighted by Crippen LogP contribution is -2.29. The molecule has 0 saturated heterocycles. The topological polar surface area (TPSA) is 104 Å². The zero-order valence-corrected chi connectivity index (χ0v) is 25.9. The van der Waals surface area contributed by atoms with Crippen molar-refractivity contribution in [3.8, 4) is 11.8 Å². The van der Waals surface area contributed by atoms with Crippen LogP contribution in [0.4, 0.5) is 9.59 Å². The first-order valence-corrected chi connectivity index (χ1v) is 15.8. The Labute approximate surface area is 238 Å². The molecule has 2 N–H and O–H groups in total. The summed E-state index contributed by atoms with van der Waals surface area (Å²) in [6, 6.07) is 0. The second kappa shape index (κ2) is 24.7. The highest BCUT2D eigenvalue weighted by Crippen LogP contribution is 2.37. The first kappa shape index (κ1) is 36.7. The Kier molecular flexibility index (Phi) is 23.8. The molecule has 0 rings (SSSR count). The van der Waals surface area contributed by atoms with Gasteiger partial charge < -0.3 is 34.3 Å². The molecule has 222 valence electrons. The molecule has 0 bridgehead atoms. The van der Waals surface area contributed by atoms with Gasteiger partial charge in [-0.2, -0.15) is 0 Å². The molecule has 2 amide bonds. The highest BCUT2D eigenvalue weighted by atomic mass is 33.1. The minimum Gasteiger partial charge on any atom is -0.450 e. The van der Waals surface area contributed by atoms with E-state index in [2.05, 4.69) is 50.2 Å². The fraction of sp³-hybridized carbons (Fsp3) is 0.852. The van der Waals surface area contributed by atoms with Crippen molar-refractivity contribution in [2.75, 3.05) is 65.3 Å². The van der Waals surface area contributed by atoms with E-state index in [1.165, 1.54) is 0 Å². The van der Waals surface area contributed by atoms with E-state index in [4.69, 9.17) is 23.7 Å². The van der Waals surface area contributed by atoms with Gasteiger partial charge in [0.1, 0.15) is 5.94 Å². The van der Waals surface area contributed by atoms with E-state index in [0.29, 0.717) is 64.6 Å². The number of alkyl carbamates (subject to hydrolysis) is 2. The number of unbranched alkanes of at least 4 members (excludes halogenated alkanes) is 1. The molecular weight excluding hydrogens is 528 g/mol. The summed E-state index contributed by atoms with van der Waals surface area (Å²) in [6.45, 7) is 16.8. The van der Waals surface area contributed by atoms with Gasteiger partial charge in [0.15, 0.2) is 0 Å². The van der Waals surface area contributed by atoms with Crippen LogP contribution in [0.25, 0.3) is 0 Å². The monoisotopic (exact) mass is 578 g/mol. The molecule has 0 radical (unpaired) electrons. The normalized spacial score (nSPS) is 11.3. The van der Waals surface area contributed by atoms with Crippen molar-refractivity contribution in [3.63, 3.8) is 0 Å². The molecule has 9 nitrogen and oxygen atoms in total. The molecule has 0 saturated carbocycles. The molecule has 0 atom stereocenters. The lowest BCUT2D eigenvalue weighted by atomic mass is 10.1. The van der Waals surface area contributed by atoms with Crippen LogP contribution in [-0.2, 0) is 23.7 Å². The molecule has 0 unspecified atom stereocenters. The van der Waals surface area contributed by atoms with Crippen molar-refractivity contribution >= 4 is 33.8 Å². The Morgan fingerprint density at radius 2 is 1.47 bits per heavy atom. The van der Waals surface area contributed by atoms with Crippen LogP contribution in [0.15, 0.2) is 0 Å². The number of carbonyl (C=O) groups is 2. The fourth-order valence-corrected chi connectivity index (χ4v) is 4.79. The van der Waals surface area contributed by atoms with E-state index in [1.54, 1.807) is 21.6 Å². The van der Waals surface area contributed by atoms with Crippen LogP contribution in [-0.4, -0.2) is 82.2 Å². The maximum atomic E-state index is 11.8. The summed E-state index contributed by atoms with van der Waals surface area (Å²) < 4.78 is 26.8. The van der Waals surface area contributed by atoms with Gasteiger partial charge in [0.05, 0.1) is 39.6 Å². The Hall–Kier alpha value is -1.32. The van der Waals surface area contributed by atoms with Crippen molar-refractivity contribution in [2.24, 2.45) is 11.8 Å². The highest BCUT2D eigenvalue weighted by Gasteiger charge is 2.19. The zero-order valence-electron chi connectivity index (χ0n) is 24.2. The molecule has 0 spiro atoms. The maximum absolute atomic E-state index is 11.8. The molecule has 0 aliphatic rings. The van der Waals surface area contributed by atoms with Crippen LogP contribution in [0.3, 0.4) is 0 Å². The number of hydrogen-bond acceptors (Lipinski definition) is 9. The van der Waals surface area contributed by atoms with Gasteiger partial charge in [-0.3, -0.25) is 0 Å². The number of ether oxygens (including phenoxy) is 5. The van der Waals surface area contributed by atoms with E-state index in [9.17, 15) is 9.59 Å². The van der Waals surface area contributed by atoms with E-state index in [1.807, 2.05) is 13.8 Å². The lowest BCUT2D eigenvalue weighted by Gasteiger charge is -2.22. The quantitative estimate of drug-likeness (QED) is 0.0748. The van der Waals surface area contributed by atoms with Crippen molar-refractivity contribution < 1.29 is 33.3 Å². The van der Waals surface area contributed by atoms with Gasteiger partial charge in [-0.1, -0.05) is 61.1 Å². The second-order valence-corrected chi connectivity index (χ2v) is 12.8. The summed E-state index contributed by atoms with van der Waals surface area (Å²) in [5, 5.41) is 5.29. The summed E-state index contributed by atoms with van der Waals surface area (Å²) in [6.07, 6.45) is 2.46. The largest absolute Gasteiger partial charge is 0.450 e. The predicted octanol–water partition coefficient (Wildman–Crippen LogP) is 5.48. The summed E-state index contributed by atoms with van der Waals surface area (Å²) in [4.78, 5) is 23.3. The minimum absolute atomic E-state index is 0.0618. The Bertz CT molecular complexity index is 668. The van der Waals surface area contributed by atoms with Gasteiger partial charge in [-0.25, -0.2) is 9.59 Å². The maximum Gasteiger partial charge on any atom is 0.407 e. The molecule has 0 heterocycles. The molecule has 0 aliphatic heterocycles. The predicted molar refractivity (Wildman–Crippen MR) is 156 cm³/mol. The van der Waals surface area contributed by atoms with E-state index in [-0.39, 0.29) is 10.7 Å². The molecule has 11 heteroatoms. The van der Waals surface area contributed by atoms with Gasteiger partial charge in [0.2, 0.25) is 0 Å². The third-order valence-electron chi connectivity index (χ3n) is 4.71. The molecule has 38 heavy (non-hydrogen) atoms. The van der Waals surface area contributed by atoms with Gasteiger partial charge in [-0.15, -0.1) is 0 Å². The van der Waals surface area contributed by atoms with Crippen LogP contribution < -0.4 is 10.6 Å². The van der Waals surface area contributed by atoms with Gasteiger partial charge >= 0.3 is 12.2 Å². The minimum atomic E-state index is -0.442. The summed E-state index contributed by atoms with van der Waals surface area (Å²) in [5.41, 5.74) is 0. The third-order valence-corrected chi connectivity index (χ3v) is 7.74. The molecule has 0 aromatic heterocycles. The van der Waals surface area contributed by atoms with Crippen molar-refractivity contribution in [2.45, 2.75) is 72.0 Å². The summed E-state index contributed by atoms with van der Waals surface area (Å²) in [7, 11) is 3.34. The third kappa shape index (κ3) is 27.7. The first-order valence-electron chi connectivity index (χ1n) is 13.5. The fourth-order valence-electron chi connectivity index (χ4n) is 2.52. The van der Waals surface area contributed by atoms with Gasteiger partial charge in [0, 0.05) is 30.4 Å². The summed E-state index contributed by atoms with van der Waals surface area (Å²) in [5.74, 6) is 7.33. The lowest BCUT2D eigenvalue weighted by molar-refractivity contribution is 0.0446. The summed E-state index contributed by atoms with van der Waals surface area (Å²) >= 11 is 0. The van der Waals surface area contributed by atoms with Crippen molar-refractivity contribution in [3.05, 3.63) is 0 Å². The molecule has 0 aliphatic carbocycles. The second-order valence-electron chi connectivity index (χ2n) is 9.88. The van der Waals surface area contributed by atoms with Crippen molar-refractivity contribution in [1.29, 1.82) is 0 Å². The average molecular weight is 579 g/mol. The molecule has 0 aromatic carbocycles. The van der Waals surface area contributed by atoms with Crippen molar-refractivity contribution in [1.82, 2.24) is 10.6 Å². The standard InChI is InChI=1S/C27H50N2O7S2/c1-23(2)10-9-13-28-25(30)35-16-8-7-15-34-22-37-38-27(5,6)12-18-36-26(31)29-14-19-33-21-20-32-17-11-24(3)4/h23-24H,7-8,11-22H2,1-6H3,(H,28,30)(H,29,31). The SMILES string of the molecule is CC(C)C#CCNC(=O)OCCCCOCSSC(C)(C)CCOC(=O)NCCOCCOCCC(C)C. The first-order chi connectivity index (χ1) is 18.1. The van der Waals surface area contributed by atoms with E-state index in [0.717, 1.165) is 32.3 Å². The number of rotatable bonds is 22. The molecule has 0 aromatic rings. The number of amides is 2. The number of nitrogens with one attached hydrogen (secondary N) is 2. The Balaban J connectivity index is 3.54.